The highest BCUT2D eigenvalue weighted by atomic mass is 19.1. The summed E-state index contributed by atoms with van der Waals surface area (Å²) >= 11 is 0. The average Bonchev–Trinajstić information content (AvgIpc) is 2.85. The second-order valence-electron chi connectivity index (χ2n) is 7.35. The van der Waals surface area contributed by atoms with Crippen molar-refractivity contribution >= 4 is 23.8 Å². The molecule has 1 N–H and O–H groups in total. The van der Waals surface area contributed by atoms with Crippen LogP contribution in [0.15, 0.2) is 65.8 Å². The molecule has 0 saturated heterocycles. The molecule has 0 aromatic heterocycles. The fraction of sp³-hybridized carbons (Fsp3) is 0.160. The first-order valence-corrected chi connectivity index (χ1v) is 10.7. The Bertz CT molecular complexity index is 1290. The summed E-state index contributed by atoms with van der Waals surface area (Å²) in [5.74, 6) is -1.40. The summed E-state index contributed by atoms with van der Waals surface area (Å²) in [4.78, 5) is 34.9. The maximum atomic E-state index is 13.1. The van der Waals surface area contributed by atoms with Crippen molar-refractivity contribution < 1.29 is 33.1 Å². The van der Waals surface area contributed by atoms with Crippen LogP contribution >= 0.6 is 0 Å². The number of halogens is 1. The van der Waals surface area contributed by atoms with Gasteiger partial charge < -0.3 is 14.2 Å². The van der Waals surface area contributed by atoms with Gasteiger partial charge in [-0.25, -0.2) is 14.6 Å². The second kappa shape index (κ2) is 12.1. The first-order valence-electron chi connectivity index (χ1n) is 10.7. The van der Waals surface area contributed by atoms with E-state index in [1.807, 2.05) is 0 Å². The molecule has 0 radical (unpaired) electrons. The molecule has 0 aliphatic carbocycles. The van der Waals surface area contributed by atoms with Crippen molar-refractivity contribution in [3.8, 4) is 17.2 Å². The molecular formula is C25H22FN3O7. The van der Waals surface area contributed by atoms with Gasteiger partial charge in [-0.1, -0.05) is 6.07 Å². The summed E-state index contributed by atoms with van der Waals surface area (Å²) in [6.45, 7) is 3.27. The largest absolute Gasteiger partial charge is 0.490 e. The van der Waals surface area contributed by atoms with Crippen molar-refractivity contribution in [1.29, 1.82) is 0 Å². The van der Waals surface area contributed by atoms with E-state index in [0.29, 0.717) is 17.7 Å². The number of nitro groups is 1. The molecule has 186 valence electrons. The molecule has 0 unspecified atom stereocenters. The fourth-order valence-corrected chi connectivity index (χ4v) is 2.95. The van der Waals surface area contributed by atoms with E-state index in [2.05, 4.69) is 10.5 Å². The van der Waals surface area contributed by atoms with Crippen molar-refractivity contribution in [1.82, 2.24) is 5.43 Å². The van der Waals surface area contributed by atoms with Crippen LogP contribution in [-0.4, -0.2) is 36.2 Å². The molecule has 0 aliphatic heterocycles. The van der Waals surface area contributed by atoms with Gasteiger partial charge in [-0.15, -0.1) is 0 Å². The van der Waals surface area contributed by atoms with Gasteiger partial charge in [-0.05, 0) is 73.5 Å². The van der Waals surface area contributed by atoms with Gasteiger partial charge in [-0.2, -0.15) is 5.10 Å². The van der Waals surface area contributed by atoms with E-state index in [1.165, 1.54) is 36.5 Å². The number of aryl methyl sites for hydroxylation is 1. The highest BCUT2D eigenvalue weighted by Gasteiger charge is 2.16. The van der Waals surface area contributed by atoms with Gasteiger partial charge in [0.05, 0.1) is 23.3 Å². The number of hydrogen-bond acceptors (Lipinski definition) is 8. The fourth-order valence-electron chi connectivity index (χ4n) is 2.95. The first kappa shape index (κ1) is 25.8. The van der Waals surface area contributed by atoms with Crippen molar-refractivity contribution in [2.75, 3.05) is 13.2 Å². The molecule has 0 aliphatic rings. The lowest BCUT2D eigenvalue weighted by Gasteiger charge is -2.11. The topological polar surface area (TPSA) is 129 Å². The summed E-state index contributed by atoms with van der Waals surface area (Å²) in [5.41, 5.74) is 3.40. The predicted molar refractivity (Wildman–Crippen MR) is 128 cm³/mol. The normalized spacial score (nSPS) is 10.6. The number of carbonyl (C=O) groups excluding carboxylic acids is 2. The lowest BCUT2D eigenvalue weighted by molar-refractivity contribution is -0.385. The Kier molecular flexibility index (Phi) is 8.65. The zero-order valence-electron chi connectivity index (χ0n) is 19.4. The van der Waals surface area contributed by atoms with Gasteiger partial charge in [0.15, 0.2) is 23.9 Å². The Morgan fingerprint density at radius 3 is 2.44 bits per heavy atom. The van der Waals surface area contributed by atoms with Gasteiger partial charge in [0, 0.05) is 6.07 Å². The van der Waals surface area contributed by atoms with Crippen LogP contribution in [0.25, 0.3) is 0 Å². The van der Waals surface area contributed by atoms with Gasteiger partial charge >= 0.3 is 11.7 Å². The summed E-state index contributed by atoms with van der Waals surface area (Å²) in [7, 11) is 0. The monoisotopic (exact) mass is 495 g/mol. The molecule has 3 aromatic carbocycles. The third kappa shape index (κ3) is 7.10. The van der Waals surface area contributed by atoms with Crippen molar-refractivity contribution in [2.45, 2.75) is 13.8 Å². The molecule has 0 bridgehead atoms. The Morgan fingerprint density at radius 1 is 1.03 bits per heavy atom. The summed E-state index contributed by atoms with van der Waals surface area (Å²) < 4.78 is 29.2. The number of nitrogens with zero attached hydrogens (tertiary/aromatic N) is 2. The zero-order valence-corrected chi connectivity index (χ0v) is 19.4. The van der Waals surface area contributed by atoms with E-state index in [1.54, 1.807) is 32.0 Å². The number of esters is 1. The number of carbonyl (C=O) groups is 2. The molecular weight excluding hydrogens is 473 g/mol. The lowest BCUT2D eigenvalue weighted by atomic mass is 10.2. The first-order chi connectivity index (χ1) is 17.3. The molecule has 0 atom stereocenters. The van der Waals surface area contributed by atoms with Crippen LogP contribution in [0, 0.1) is 22.9 Å². The van der Waals surface area contributed by atoms with Gasteiger partial charge in [0.2, 0.25) is 0 Å². The molecule has 36 heavy (non-hydrogen) atoms. The molecule has 0 spiro atoms. The van der Waals surface area contributed by atoms with E-state index in [9.17, 15) is 24.1 Å². The zero-order chi connectivity index (χ0) is 26.1. The van der Waals surface area contributed by atoms with Gasteiger partial charge in [0.1, 0.15) is 5.82 Å². The van der Waals surface area contributed by atoms with E-state index >= 15 is 0 Å². The van der Waals surface area contributed by atoms with E-state index in [4.69, 9.17) is 14.2 Å². The predicted octanol–water partition coefficient (Wildman–Crippen LogP) is 4.19. The minimum Gasteiger partial charge on any atom is -0.490 e. The number of amides is 1. The standard InChI is InChI=1S/C25H22FN3O7/c1-3-34-23-13-17(5-11-22(23)36-25(31)18-6-8-19(26)9-7-18)14-27-28-24(30)15-35-21-10-4-16(2)12-20(21)29(32)33/h4-14H,3,15H2,1-2H3,(H,28,30)/b27-14+. The highest BCUT2D eigenvalue weighted by Crippen LogP contribution is 2.29. The molecule has 11 heteroatoms. The number of ether oxygens (including phenoxy) is 3. The average molecular weight is 495 g/mol. The quantitative estimate of drug-likeness (QED) is 0.147. The van der Waals surface area contributed by atoms with Crippen molar-refractivity contribution in [2.24, 2.45) is 5.10 Å². The highest BCUT2D eigenvalue weighted by molar-refractivity contribution is 5.91. The van der Waals surface area contributed by atoms with Crippen LogP contribution in [0.5, 0.6) is 17.2 Å². The SMILES string of the molecule is CCOc1cc(/C=N/NC(=O)COc2ccc(C)cc2[N+](=O)[O-])ccc1OC(=O)c1ccc(F)cc1. The van der Waals surface area contributed by atoms with Crippen LogP contribution in [0.1, 0.15) is 28.4 Å². The number of nitro benzene ring substituents is 1. The van der Waals surface area contributed by atoms with E-state index in [-0.39, 0.29) is 28.5 Å². The van der Waals surface area contributed by atoms with Crippen LogP contribution < -0.4 is 19.6 Å². The molecule has 1 amide bonds. The number of benzene rings is 3. The summed E-state index contributed by atoms with van der Waals surface area (Å²) in [6.07, 6.45) is 1.33. The van der Waals surface area contributed by atoms with Gasteiger partial charge in [-0.3, -0.25) is 14.9 Å². The van der Waals surface area contributed by atoms with Gasteiger partial charge in [0.25, 0.3) is 5.91 Å². The van der Waals surface area contributed by atoms with Crippen LogP contribution in [0.2, 0.25) is 0 Å². The molecule has 0 fully saturated rings. The molecule has 10 nitrogen and oxygen atoms in total. The second-order valence-corrected chi connectivity index (χ2v) is 7.35. The minimum atomic E-state index is -0.682. The third-order valence-corrected chi connectivity index (χ3v) is 4.62. The number of nitrogens with one attached hydrogen (secondary N) is 1. The Balaban J connectivity index is 1.61. The maximum absolute atomic E-state index is 13.1. The summed E-state index contributed by atoms with van der Waals surface area (Å²) in [5, 5.41) is 15.0. The molecule has 0 heterocycles. The Labute approximate surface area is 205 Å². The Morgan fingerprint density at radius 2 is 1.75 bits per heavy atom. The molecule has 3 aromatic rings. The molecule has 0 saturated carbocycles. The number of hydrazone groups is 1. The maximum Gasteiger partial charge on any atom is 0.343 e. The van der Waals surface area contributed by atoms with Crippen LogP contribution in [0.3, 0.4) is 0 Å². The lowest BCUT2D eigenvalue weighted by Crippen LogP contribution is -2.24. The minimum absolute atomic E-state index is 0.0307. The molecule has 3 rings (SSSR count). The third-order valence-electron chi connectivity index (χ3n) is 4.62. The van der Waals surface area contributed by atoms with E-state index in [0.717, 1.165) is 12.1 Å². The van der Waals surface area contributed by atoms with Crippen LogP contribution in [-0.2, 0) is 4.79 Å². The van der Waals surface area contributed by atoms with Crippen LogP contribution in [0.4, 0.5) is 10.1 Å². The number of hydrogen-bond donors (Lipinski definition) is 1. The van der Waals surface area contributed by atoms with Crippen molar-refractivity contribution in [3.63, 3.8) is 0 Å². The van der Waals surface area contributed by atoms with E-state index < -0.39 is 29.2 Å². The Hall–Kier alpha value is -4.80. The number of rotatable bonds is 10. The smallest absolute Gasteiger partial charge is 0.343 e. The van der Waals surface area contributed by atoms with Crippen molar-refractivity contribution in [3.05, 3.63) is 93.3 Å². The summed E-state index contributed by atoms with van der Waals surface area (Å²) in [6, 6.07) is 14.0.